The Kier molecular flexibility index (Phi) is 3.89. The Labute approximate surface area is 111 Å². The van der Waals surface area contributed by atoms with Gasteiger partial charge in [-0.2, -0.15) is 0 Å². The Morgan fingerprint density at radius 3 is 2.63 bits per heavy atom. The number of rotatable bonds is 4. The third kappa shape index (κ3) is 2.78. The minimum absolute atomic E-state index is 0.00678. The summed E-state index contributed by atoms with van der Waals surface area (Å²) in [7, 11) is 0. The predicted molar refractivity (Wildman–Crippen MR) is 68.0 cm³/mol. The number of nitrogens with one attached hydrogen (secondary N) is 1. The molecule has 5 nitrogen and oxygen atoms in total. The van der Waals surface area contributed by atoms with Gasteiger partial charge in [0.1, 0.15) is 11.6 Å². The molecule has 2 rings (SSSR count). The summed E-state index contributed by atoms with van der Waals surface area (Å²) in [5.74, 6) is -1.55. The lowest BCUT2D eigenvalue weighted by Gasteiger charge is -2.06. The lowest BCUT2D eigenvalue weighted by molar-refractivity contribution is 0.539. The molecule has 0 spiro atoms. The molecule has 1 aromatic heterocycles. The van der Waals surface area contributed by atoms with Crippen molar-refractivity contribution in [3.63, 3.8) is 0 Å². The van der Waals surface area contributed by atoms with E-state index < -0.39 is 17.3 Å². The fourth-order valence-corrected chi connectivity index (χ4v) is 2.44. The fraction of sp³-hybridized carbons (Fsp3) is 0.273. The van der Waals surface area contributed by atoms with Gasteiger partial charge < -0.3 is 5.73 Å². The Balaban J connectivity index is 2.39. The number of H-pyrrole nitrogens is 1. The summed E-state index contributed by atoms with van der Waals surface area (Å²) < 4.78 is 28.6. The van der Waals surface area contributed by atoms with Crippen LogP contribution in [0, 0.1) is 11.6 Å². The molecule has 8 heteroatoms. The normalized spacial score (nSPS) is 10.9. The minimum Gasteiger partial charge on any atom is -0.399 e. The van der Waals surface area contributed by atoms with Crippen LogP contribution < -0.4 is 11.4 Å². The van der Waals surface area contributed by atoms with E-state index in [9.17, 15) is 13.6 Å². The molecule has 0 unspecified atom stereocenters. The molecule has 1 heterocycles. The number of hydrogen-bond donors (Lipinski definition) is 2. The second-order valence-electron chi connectivity index (χ2n) is 3.88. The van der Waals surface area contributed by atoms with Gasteiger partial charge in [-0.3, -0.25) is 4.57 Å². The molecule has 3 N–H and O–H groups in total. The van der Waals surface area contributed by atoms with Gasteiger partial charge in [0.15, 0.2) is 5.16 Å². The zero-order chi connectivity index (χ0) is 14.0. The average molecular weight is 286 g/mol. The molecule has 0 fully saturated rings. The molecule has 1 aromatic carbocycles. The summed E-state index contributed by atoms with van der Waals surface area (Å²) in [4.78, 5) is 11.2. The zero-order valence-electron chi connectivity index (χ0n) is 10.1. The van der Waals surface area contributed by atoms with E-state index in [1.54, 1.807) is 0 Å². The van der Waals surface area contributed by atoms with Crippen molar-refractivity contribution in [2.75, 3.05) is 5.73 Å². The number of anilines is 1. The van der Waals surface area contributed by atoms with Crippen LogP contribution in [-0.4, -0.2) is 14.8 Å². The summed E-state index contributed by atoms with van der Waals surface area (Å²) in [5.41, 5.74) is 4.94. The average Bonchev–Trinajstić information content (AvgIpc) is 2.66. The van der Waals surface area contributed by atoms with E-state index in [0.29, 0.717) is 13.0 Å². The maximum atomic E-state index is 13.7. The minimum atomic E-state index is -0.777. The number of aromatic amines is 1. The van der Waals surface area contributed by atoms with Gasteiger partial charge in [0.2, 0.25) is 0 Å². The van der Waals surface area contributed by atoms with Crippen LogP contribution in [0.1, 0.15) is 13.3 Å². The quantitative estimate of drug-likeness (QED) is 0.843. The smallest absolute Gasteiger partial charge is 0.343 e. The van der Waals surface area contributed by atoms with Crippen molar-refractivity contribution in [1.82, 2.24) is 14.8 Å². The number of hydrogen-bond acceptors (Lipinski definition) is 4. The first-order valence-electron chi connectivity index (χ1n) is 5.60. The lowest BCUT2D eigenvalue weighted by atomic mass is 10.3. The van der Waals surface area contributed by atoms with Gasteiger partial charge >= 0.3 is 5.69 Å². The third-order valence-corrected chi connectivity index (χ3v) is 3.47. The predicted octanol–water partition coefficient (Wildman–Crippen LogP) is 1.99. The van der Waals surface area contributed by atoms with Crippen LogP contribution in [0.4, 0.5) is 14.5 Å². The van der Waals surface area contributed by atoms with Crippen LogP contribution in [0.5, 0.6) is 0 Å². The Morgan fingerprint density at radius 2 is 2.05 bits per heavy atom. The molecule has 0 saturated heterocycles. The summed E-state index contributed by atoms with van der Waals surface area (Å²) in [6, 6.07) is 2.06. The van der Waals surface area contributed by atoms with E-state index in [1.807, 2.05) is 6.92 Å². The highest BCUT2D eigenvalue weighted by molar-refractivity contribution is 7.99. The van der Waals surface area contributed by atoms with Gasteiger partial charge in [0, 0.05) is 12.2 Å². The number of benzene rings is 1. The number of halogens is 2. The first-order chi connectivity index (χ1) is 9.02. The Hall–Kier alpha value is -1.83. The molecular formula is C11H12F2N4OS. The molecule has 19 heavy (non-hydrogen) atoms. The van der Waals surface area contributed by atoms with Gasteiger partial charge in [-0.05, 0) is 30.3 Å². The molecule has 0 aliphatic carbocycles. The molecule has 0 atom stereocenters. The molecule has 0 aliphatic rings. The van der Waals surface area contributed by atoms with E-state index in [2.05, 4.69) is 10.2 Å². The monoisotopic (exact) mass is 286 g/mol. The van der Waals surface area contributed by atoms with Crippen LogP contribution in [0.2, 0.25) is 0 Å². The van der Waals surface area contributed by atoms with E-state index in [-0.39, 0.29) is 15.7 Å². The van der Waals surface area contributed by atoms with Gasteiger partial charge in [0.25, 0.3) is 0 Å². The topological polar surface area (TPSA) is 76.7 Å². The van der Waals surface area contributed by atoms with Gasteiger partial charge in [0.05, 0.1) is 4.90 Å². The highest BCUT2D eigenvalue weighted by Gasteiger charge is 2.16. The standard InChI is InChI=1S/C11H12F2N4OS/c1-2-3-17-10(18)15-16-11(17)19-9-7(12)4-6(14)5-8(9)13/h4-5H,2-3,14H2,1H3,(H,15,18). The highest BCUT2D eigenvalue weighted by atomic mass is 32.2. The number of aromatic nitrogens is 3. The van der Waals surface area contributed by atoms with Crippen molar-refractivity contribution < 1.29 is 8.78 Å². The molecule has 0 bridgehead atoms. The van der Waals surface area contributed by atoms with Gasteiger partial charge in [-0.25, -0.2) is 18.7 Å². The zero-order valence-corrected chi connectivity index (χ0v) is 10.9. The van der Waals surface area contributed by atoms with Crippen molar-refractivity contribution >= 4 is 17.4 Å². The molecular weight excluding hydrogens is 274 g/mol. The summed E-state index contributed by atoms with van der Waals surface area (Å²) in [5, 5.41) is 6.23. The second-order valence-corrected chi connectivity index (χ2v) is 4.86. The maximum absolute atomic E-state index is 13.7. The fourth-order valence-electron chi connectivity index (χ4n) is 1.57. The Bertz CT molecular complexity index is 629. The van der Waals surface area contributed by atoms with Gasteiger partial charge in [-0.1, -0.05) is 6.92 Å². The van der Waals surface area contributed by atoms with Crippen LogP contribution in [0.15, 0.2) is 27.0 Å². The number of nitrogens with zero attached hydrogens (tertiary/aromatic N) is 2. The van der Waals surface area contributed by atoms with Crippen molar-refractivity contribution in [1.29, 1.82) is 0 Å². The third-order valence-electron chi connectivity index (χ3n) is 2.38. The van der Waals surface area contributed by atoms with Crippen LogP contribution in [0.25, 0.3) is 0 Å². The molecule has 102 valence electrons. The Morgan fingerprint density at radius 1 is 1.42 bits per heavy atom. The van der Waals surface area contributed by atoms with E-state index >= 15 is 0 Å². The van der Waals surface area contributed by atoms with Crippen LogP contribution >= 0.6 is 11.8 Å². The van der Waals surface area contributed by atoms with Crippen LogP contribution in [-0.2, 0) is 6.54 Å². The second kappa shape index (κ2) is 5.43. The maximum Gasteiger partial charge on any atom is 0.343 e. The summed E-state index contributed by atoms with van der Waals surface area (Å²) in [6.45, 7) is 2.31. The van der Waals surface area contributed by atoms with E-state index in [4.69, 9.17) is 5.73 Å². The first-order valence-corrected chi connectivity index (χ1v) is 6.42. The lowest BCUT2D eigenvalue weighted by Crippen LogP contribution is -2.17. The van der Waals surface area contributed by atoms with Crippen molar-refractivity contribution in [2.45, 2.75) is 29.9 Å². The number of nitrogens with two attached hydrogens (primary N) is 1. The first kappa shape index (κ1) is 13.6. The summed E-state index contributed by atoms with van der Waals surface area (Å²) >= 11 is 0.752. The van der Waals surface area contributed by atoms with Gasteiger partial charge in [-0.15, -0.1) is 5.10 Å². The van der Waals surface area contributed by atoms with Crippen molar-refractivity contribution in [2.24, 2.45) is 0 Å². The SMILES string of the molecule is CCCn1c(Sc2c(F)cc(N)cc2F)n[nH]c1=O. The molecule has 0 saturated carbocycles. The molecule has 0 aliphatic heterocycles. The molecule has 2 aromatic rings. The van der Waals surface area contributed by atoms with E-state index in [1.165, 1.54) is 4.57 Å². The molecule has 0 amide bonds. The summed E-state index contributed by atoms with van der Waals surface area (Å²) in [6.07, 6.45) is 0.708. The van der Waals surface area contributed by atoms with Crippen molar-refractivity contribution in [3.05, 3.63) is 34.3 Å². The molecule has 0 radical (unpaired) electrons. The largest absolute Gasteiger partial charge is 0.399 e. The van der Waals surface area contributed by atoms with Crippen LogP contribution in [0.3, 0.4) is 0 Å². The van der Waals surface area contributed by atoms with Crippen molar-refractivity contribution in [3.8, 4) is 0 Å². The highest BCUT2D eigenvalue weighted by Crippen LogP contribution is 2.31. The number of nitrogen functional groups attached to an aromatic ring is 1. The van der Waals surface area contributed by atoms with E-state index in [0.717, 1.165) is 23.9 Å².